The second kappa shape index (κ2) is 6.31. The lowest BCUT2D eigenvalue weighted by molar-refractivity contribution is 0.415. The summed E-state index contributed by atoms with van der Waals surface area (Å²) in [4.78, 5) is 0. The van der Waals surface area contributed by atoms with Gasteiger partial charge in [0.25, 0.3) is 0 Å². The van der Waals surface area contributed by atoms with Crippen LogP contribution < -0.4 is 10.1 Å². The Morgan fingerprint density at radius 2 is 1.84 bits per heavy atom. The van der Waals surface area contributed by atoms with Gasteiger partial charge in [-0.1, -0.05) is 33.6 Å². The van der Waals surface area contributed by atoms with Crippen LogP contribution in [-0.4, -0.2) is 7.11 Å². The summed E-state index contributed by atoms with van der Waals surface area (Å²) in [5, 5.41) is 4.17. The van der Waals surface area contributed by atoms with E-state index in [9.17, 15) is 0 Å². The zero-order chi connectivity index (χ0) is 13.8. The molecule has 0 aliphatic heterocycles. The smallest absolute Gasteiger partial charge is 0.119 e. The fourth-order valence-corrected chi connectivity index (χ4v) is 2.70. The third-order valence-electron chi connectivity index (χ3n) is 2.90. The molecule has 1 unspecified atom stereocenters. The second-order valence-electron chi connectivity index (χ2n) is 4.26. The highest BCUT2D eigenvalue weighted by atomic mass is 79.9. The highest BCUT2D eigenvalue weighted by Gasteiger charge is 2.09. The Hall–Kier alpha value is -1.19. The second-order valence-corrected chi connectivity index (χ2v) is 5.58. The van der Waals surface area contributed by atoms with Gasteiger partial charge in [-0.3, -0.25) is 0 Å². The number of benzene rings is 2. The fraction of sp³-hybridized carbons (Fsp3) is 0.200. The third kappa shape index (κ3) is 3.64. The van der Waals surface area contributed by atoms with Crippen molar-refractivity contribution in [1.82, 2.24) is 0 Å². The summed E-state index contributed by atoms with van der Waals surface area (Å²) < 4.78 is 6.12. The van der Waals surface area contributed by atoms with Crippen molar-refractivity contribution in [3.05, 3.63) is 57.5 Å². The van der Waals surface area contributed by atoms with E-state index in [-0.39, 0.29) is 6.04 Å². The van der Waals surface area contributed by atoms with Gasteiger partial charge in [0.1, 0.15) is 5.75 Å². The average Bonchev–Trinajstić information content (AvgIpc) is 2.39. The highest BCUT2D eigenvalue weighted by Crippen LogP contribution is 2.29. The number of methoxy groups -OCH3 is 1. The van der Waals surface area contributed by atoms with Crippen LogP contribution in [0.3, 0.4) is 0 Å². The largest absolute Gasteiger partial charge is 0.497 e. The molecule has 1 N–H and O–H groups in total. The number of rotatable bonds is 4. The number of ether oxygens (including phenoxy) is 1. The number of hydrogen-bond acceptors (Lipinski definition) is 2. The Morgan fingerprint density at radius 1 is 1.16 bits per heavy atom. The first-order valence-electron chi connectivity index (χ1n) is 5.95. The summed E-state index contributed by atoms with van der Waals surface area (Å²) >= 11 is 9.66. The lowest BCUT2D eigenvalue weighted by Gasteiger charge is -2.17. The van der Waals surface area contributed by atoms with Gasteiger partial charge in [0.15, 0.2) is 0 Å². The van der Waals surface area contributed by atoms with E-state index in [1.807, 2.05) is 42.5 Å². The highest BCUT2D eigenvalue weighted by molar-refractivity contribution is 9.10. The minimum Gasteiger partial charge on any atom is -0.497 e. The van der Waals surface area contributed by atoms with E-state index in [1.54, 1.807) is 7.11 Å². The van der Waals surface area contributed by atoms with Crippen molar-refractivity contribution < 1.29 is 4.74 Å². The molecule has 0 fully saturated rings. The van der Waals surface area contributed by atoms with E-state index >= 15 is 0 Å². The van der Waals surface area contributed by atoms with Crippen LogP contribution in [0.2, 0.25) is 5.02 Å². The summed E-state index contributed by atoms with van der Waals surface area (Å²) in [7, 11) is 1.66. The maximum absolute atomic E-state index is 6.25. The number of nitrogens with one attached hydrogen (secondary N) is 1. The van der Waals surface area contributed by atoms with E-state index in [2.05, 4.69) is 28.2 Å². The van der Waals surface area contributed by atoms with Gasteiger partial charge in [-0.15, -0.1) is 0 Å². The van der Waals surface area contributed by atoms with Crippen LogP contribution in [0.15, 0.2) is 46.9 Å². The zero-order valence-corrected chi connectivity index (χ0v) is 13.1. The van der Waals surface area contributed by atoms with Gasteiger partial charge in [0.05, 0.1) is 7.11 Å². The number of halogens is 2. The lowest BCUT2D eigenvalue weighted by Crippen LogP contribution is -2.07. The molecule has 2 aromatic carbocycles. The molecule has 0 spiro atoms. The van der Waals surface area contributed by atoms with E-state index in [0.717, 1.165) is 26.5 Å². The summed E-state index contributed by atoms with van der Waals surface area (Å²) in [6.07, 6.45) is 0. The van der Waals surface area contributed by atoms with Crippen LogP contribution in [0.5, 0.6) is 5.75 Å². The molecule has 2 aromatic rings. The number of anilines is 1. The van der Waals surface area contributed by atoms with E-state index in [1.165, 1.54) is 0 Å². The topological polar surface area (TPSA) is 21.3 Å². The monoisotopic (exact) mass is 339 g/mol. The van der Waals surface area contributed by atoms with E-state index < -0.39 is 0 Å². The standard InChI is InChI=1S/C15H15BrClNO/c1-10(14-8-3-11(16)9-15(14)17)18-12-4-6-13(19-2)7-5-12/h3-10,18H,1-2H3. The van der Waals surface area contributed by atoms with Gasteiger partial charge in [-0.25, -0.2) is 0 Å². The van der Waals surface area contributed by atoms with Crippen molar-refractivity contribution in [2.24, 2.45) is 0 Å². The maximum Gasteiger partial charge on any atom is 0.119 e. The molecule has 0 radical (unpaired) electrons. The van der Waals surface area contributed by atoms with Crippen LogP contribution in [-0.2, 0) is 0 Å². The predicted molar refractivity (Wildman–Crippen MR) is 84.2 cm³/mol. The van der Waals surface area contributed by atoms with Crippen molar-refractivity contribution in [2.75, 3.05) is 12.4 Å². The van der Waals surface area contributed by atoms with Gasteiger partial charge in [-0.05, 0) is 48.9 Å². The Balaban J connectivity index is 2.13. The first-order chi connectivity index (χ1) is 9.10. The van der Waals surface area contributed by atoms with Crippen LogP contribution >= 0.6 is 27.5 Å². The normalized spacial score (nSPS) is 12.0. The molecule has 100 valence electrons. The molecule has 2 rings (SSSR count). The van der Waals surface area contributed by atoms with Crippen LogP contribution in [0, 0.1) is 0 Å². The molecular weight excluding hydrogens is 326 g/mol. The molecule has 0 aliphatic rings. The first-order valence-corrected chi connectivity index (χ1v) is 7.13. The molecule has 2 nitrogen and oxygen atoms in total. The minimum atomic E-state index is 0.133. The van der Waals surface area contributed by atoms with Gasteiger partial charge in [0.2, 0.25) is 0 Å². The molecule has 0 heterocycles. The average molecular weight is 341 g/mol. The molecule has 0 amide bonds. The van der Waals surface area contributed by atoms with Gasteiger partial charge in [-0.2, -0.15) is 0 Å². The molecule has 0 bridgehead atoms. The van der Waals surface area contributed by atoms with E-state index in [0.29, 0.717) is 0 Å². The van der Waals surface area contributed by atoms with Gasteiger partial charge < -0.3 is 10.1 Å². The summed E-state index contributed by atoms with van der Waals surface area (Å²) in [5.74, 6) is 0.847. The quantitative estimate of drug-likeness (QED) is 0.817. The molecular formula is C15H15BrClNO. The molecule has 0 aromatic heterocycles. The van der Waals surface area contributed by atoms with Crippen LogP contribution in [0.25, 0.3) is 0 Å². The third-order valence-corrected chi connectivity index (χ3v) is 3.72. The molecule has 0 saturated heterocycles. The molecule has 1 atom stereocenters. The van der Waals surface area contributed by atoms with Crippen molar-refractivity contribution in [3.63, 3.8) is 0 Å². The van der Waals surface area contributed by atoms with Crippen molar-refractivity contribution in [1.29, 1.82) is 0 Å². The van der Waals surface area contributed by atoms with Crippen molar-refractivity contribution >= 4 is 33.2 Å². The lowest BCUT2D eigenvalue weighted by atomic mass is 10.1. The number of hydrogen-bond donors (Lipinski definition) is 1. The molecule has 4 heteroatoms. The summed E-state index contributed by atoms with van der Waals surface area (Å²) in [6.45, 7) is 2.08. The van der Waals surface area contributed by atoms with Crippen LogP contribution in [0.4, 0.5) is 5.69 Å². The Morgan fingerprint density at radius 3 is 2.42 bits per heavy atom. The summed E-state index contributed by atoms with van der Waals surface area (Å²) in [6, 6.07) is 13.9. The Labute approximate surface area is 126 Å². The minimum absolute atomic E-state index is 0.133. The van der Waals surface area contributed by atoms with Crippen molar-refractivity contribution in [2.45, 2.75) is 13.0 Å². The van der Waals surface area contributed by atoms with E-state index in [4.69, 9.17) is 16.3 Å². The fourth-order valence-electron chi connectivity index (χ4n) is 1.87. The van der Waals surface area contributed by atoms with Crippen LogP contribution in [0.1, 0.15) is 18.5 Å². The Kier molecular flexibility index (Phi) is 4.72. The first kappa shape index (κ1) is 14.2. The Bertz CT molecular complexity index is 557. The van der Waals surface area contributed by atoms with Gasteiger partial charge >= 0.3 is 0 Å². The molecule has 19 heavy (non-hydrogen) atoms. The SMILES string of the molecule is COc1ccc(NC(C)c2ccc(Br)cc2Cl)cc1. The summed E-state index contributed by atoms with van der Waals surface area (Å²) in [5.41, 5.74) is 2.10. The van der Waals surface area contributed by atoms with Crippen molar-refractivity contribution in [3.8, 4) is 5.75 Å². The predicted octanol–water partition coefficient (Wildman–Crippen LogP) is 5.28. The zero-order valence-electron chi connectivity index (χ0n) is 10.8. The molecule has 0 saturated carbocycles. The maximum atomic E-state index is 6.25. The molecule has 0 aliphatic carbocycles. The van der Waals surface area contributed by atoms with Gasteiger partial charge in [0, 0.05) is 21.2 Å².